The van der Waals surface area contributed by atoms with Gasteiger partial charge in [-0.05, 0) is 103 Å². The first-order chi connectivity index (χ1) is 14.7. The van der Waals surface area contributed by atoms with E-state index in [1.165, 1.54) is 130 Å². The Hall–Kier alpha value is -0.200. The number of hydrogen-bond donors (Lipinski definition) is 0. The summed E-state index contributed by atoms with van der Waals surface area (Å²) in [5.74, 6) is 2.83. The van der Waals surface area contributed by atoms with Gasteiger partial charge in [0, 0.05) is 52.4 Å². The van der Waals surface area contributed by atoms with E-state index in [4.69, 9.17) is 0 Å². The summed E-state index contributed by atoms with van der Waals surface area (Å²) in [6.07, 6.45) is 8.61. The molecule has 5 nitrogen and oxygen atoms in total. The van der Waals surface area contributed by atoms with E-state index in [0.717, 1.165) is 17.8 Å². The molecule has 0 aromatic heterocycles. The molecular weight excluding hydrogens is 370 g/mol. The number of likely N-dealkylation sites (N-methyl/N-ethyl adjacent to an activating group) is 1. The van der Waals surface area contributed by atoms with Crippen LogP contribution in [-0.4, -0.2) is 123 Å². The minimum atomic E-state index is 0.926. The quantitative estimate of drug-likeness (QED) is 0.628. The van der Waals surface area contributed by atoms with Crippen molar-refractivity contribution in [1.29, 1.82) is 0 Å². The fourth-order valence-corrected chi connectivity index (χ4v) is 6.42. The summed E-state index contributed by atoms with van der Waals surface area (Å²) >= 11 is 0. The highest BCUT2D eigenvalue weighted by Gasteiger charge is 2.28. The molecule has 0 aliphatic carbocycles. The van der Waals surface area contributed by atoms with Gasteiger partial charge < -0.3 is 24.5 Å². The molecule has 4 aliphatic rings. The van der Waals surface area contributed by atoms with Crippen LogP contribution in [0.1, 0.15) is 45.4 Å². The first-order valence-corrected chi connectivity index (χ1v) is 13.3. The molecule has 4 aliphatic heterocycles. The van der Waals surface area contributed by atoms with Crippen LogP contribution in [0.4, 0.5) is 0 Å². The second kappa shape index (κ2) is 11.6. The van der Waals surface area contributed by atoms with Gasteiger partial charge in [-0.1, -0.05) is 6.92 Å². The van der Waals surface area contributed by atoms with Crippen molar-refractivity contribution in [3.8, 4) is 0 Å². The number of rotatable bonds is 7. The molecule has 174 valence electrons. The Balaban J connectivity index is 1.09. The van der Waals surface area contributed by atoms with Crippen molar-refractivity contribution in [2.24, 2.45) is 17.8 Å². The van der Waals surface area contributed by atoms with Crippen LogP contribution in [0.2, 0.25) is 0 Å². The third-order valence-corrected chi connectivity index (χ3v) is 8.61. The van der Waals surface area contributed by atoms with E-state index in [9.17, 15) is 0 Å². The molecular formula is C25H49N5. The molecule has 0 amide bonds. The first kappa shape index (κ1) is 23.0. The van der Waals surface area contributed by atoms with E-state index < -0.39 is 0 Å². The van der Waals surface area contributed by atoms with E-state index in [1.807, 2.05) is 0 Å². The highest BCUT2D eigenvalue weighted by molar-refractivity contribution is 4.82. The highest BCUT2D eigenvalue weighted by Crippen LogP contribution is 2.25. The van der Waals surface area contributed by atoms with Gasteiger partial charge in [-0.25, -0.2) is 0 Å². The van der Waals surface area contributed by atoms with Crippen molar-refractivity contribution < 1.29 is 0 Å². The largest absolute Gasteiger partial charge is 0.304 e. The van der Waals surface area contributed by atoms with Gasteiger partial charge in [-0.15, -0.1) is 0 Å². The third-order valence-electron chi connectivity index (χ3n) is 8.61. The van der Waals surface area contributed by atoms with Gasteiger partial charge in [-0.2, -0.15) is 0 Å². The lowest BCUT2D eigenvalue weighted by molar-refractivity contribution is 0.0802. The van der Waals surface area contributed by atoms with Crippen LogP contribution >= 0.6 is 0 Å². The minimum absolute atomic E-state index is 0.926. The molecule has 0 aromatic carbocycles. The molecule has 0 bridgehead atoms. The number of nitrogens with zero attached hydrogens (tertiary/aromatic N) is 5. The Morgan fingerprint density at radius 1 is 0.533 bits per heavy atom. The third kappa shape index (κ3) is 6.90. The predicted octanol–water partition coefficient (Wildman–Crippen LogP) is 2.39. The SMILES string of the molecule is CCN1CCC[C@H](CN2CCC(CN3CCC(CN4CCN(C)CC4)CC3)CC2)C1. The van der Waals surface area contributed by atoms with Crippen LogP contribution in [0.5, 0.6) is 0 Å². The number of hydrogen-bond acceptors (Lipinski definition) is 5. The average Bonchev–Trinajstić information content (AvgIpc) is 2.78. The van der Waals surface area contributed by atoms with Gasteiger partial charge in [-0.3, -0.25) is 0 Å². The van der Waals surface area contributed by atoms with Crippen molar-refractivity contribution in [3.05, 3.63) is 0 Å². The fourth-order valence-electron chi connectivity index (χ4n) is 6.42. The molecule has 4 rings (SSSR count). The van der Waals surface area contributed by atoms with Crippen LogP contribution in [0.3, 0.4) is 0 Å². The van der Waals surface area contributed by atoms with Crippen molar-refractivity contribution in [2.45, 2.75) is 45.4 Å². The average molecular weight is 420 g/mol. The van der Waals surface area contributed by atoms with Crippen LogP contribution in [0.25, 0.3) is 0 Å². The maximum atomic E-state index is 2.81. The molecule has 1 atom stereocenters. The zero-order chi connectivity index (χ0) is 20.8. The maximum absolute atomic E-state index is 2.81. The van der Waals surface area contributed by atoms with Gasteiger partial charge in [0.15, 0.2) is 0 Å². The van der Waals surface area contributed by atoms with Crippen LogP contribution < -0.4 is 0 Å². The molecule has 30 heavy (non-hydrogen) atoms. The molecule has 0 saturated carbocycles. The minimum Gasteiger partial charge on any atom is -0.304 e. The first-order valence-electron chi connectivity index (χ1n) is 13.3. The Morgan fingerprint density at radius 3 is 1.57 bits per heavy atom. The molecule has 0 N–H and O–H groups in total. The van der Waals surface area contributed by atoms with E-state index in [0.29, 0.717) is 0 Å². The lowest BCUT2D eigenvalue weighted by atomic mass is 9.91. The summed E-state index contributed by atoms with van der Waals surface area (Å²) in [6.45, 7) is 20.8. The predicted molar refractivity (Wildman–Crippen MR) is 127 cm³/mol. The molecule has 4 heterocycles. The zero-order valence-electron chi connectivity index (χ0n) is 20.1. The monoisotopic (exact) mass is 419 g/mol. The van der Waals surface area contributed by atoms with Gasteiger partial charge in [0.1, 0.15) is 0 Å². The summed E-state index contributed by atoms with van der Waals surface area (Å²) in [5, 5.41) is 0. The van der Waals surface area contributed by atoms with E-state index in [1.54, 1.807) is 0 Å². The van der Waals surface area contributed by atoms with Gasteiger partial charge in [0.25, 0.3) is 0 Å². The summed E-state index contributed by atoms with van der Waals surface area (Å²) in [5.41, 5.74) is 0. The smallest absolute Gasteiger partial charge is 0.0110 e. The second-order valence-electron chi connectivity index (χ2n) is 11.0. The van der Waals surface area contributed by atoms with Crippen molar-refractivity contribution in [3.63, 3.8) is 0 Å². The van der Waals surface area contributed by atoms with Crippen molar-refractivity contribution in [1.82, 2.24) is 24.5 Å². The van der Waals surface area contributed by atoms with E-state index in [2.05, 4.69) is 38.5 Å². The molecule has 0 aromatic rings. The second-order valence-corrected chi connectivity index (χ2v) is 11.0. The van der Waals surface area contributed by atoms with E-state index >= 15 is 0 Å². The Labute approximate surface area is 186 Å². The highest BCUT2D eigenvalue weighted by atomic mass is 15.2. The molecule has 0 unspecified atom stereocenters. The van der Waals surface area contributed by atoms with Crippen LogP contribution in [0, 0.1) is 17.8 Å². The number of likely N-dealkylation sites (tertiary alicyclic amines) is 3. The molecule has 4 fully saturated rings. The number of piperazine rings is 1. The van der Waals surface area contributed by atoms with E-state index in [-0.39, 0.29) is 0 Å². The summed E-state index contributed by atoms with van der Waals surface area (Å²) in [7, 11) is 2.26. The Bertz CT molecular complexity index is 476. The Kier molecular flexibility index (Phi) is 8.89. The Morgan fingerprint density at radius 2 is 1.03 bits per heavy atom. The topological polar surface area (TPSA) is 16.2 Å². The van der Waals surface area contributed by atoms with Gasteiger partial charge in [0.05, 0.1) is 0 Å². The van der Waals surface area contributed by atoms with Crippen LogP contribution in [0.15, 0.2) is 0 Å². The normalized spacial score (nSPS) is 30.8. The molecule has 4 saturated heterocycles. The molecule has 5 heteroatoms. The number of piperidine rings is 3. The molecule has 0 spiro atoms. The lowest BCUT2D eigenvalue weighted by Crippen LogP contribution is -2.48. The molecule has 0 radical (unpaired) electrons. The lowest BCUT2D eigenvalue weighted by Gasteiger charge is -2.41. The fraction of sp³-hybridized carbons (Fsp3) is 1.00. The standard InChI is InChI=1S/C25H49N5/c1-3-27-10-4-5-25(21-27)22-29-13-8-23(9-14-29)19-28-11-6-24(7-12-28)20-30-17-15-26(2)16-18-30/h23-25H,3-22H2,1-2H3/t25-/m0/s1. The van der Waals surface area contributed by atoms with Crippen molar-refractivity contribution >= 4 is 0 Å². The zero-order valence-corrected chi connectivity index (χ0v) is 20.1. The summed E-state index contributed by atoms with van der Waals surface area (Å²) in [6, 6.07) is 0. The van der Waals surface area contributed by atoms with Crippen LogP contribution in [-0.2, 0) is 0 Å². The summed E-state index contributed by atoms with van der Waals surface area (Å²) in [4.78, 5) is 13.5. The summed E-state index contributed by atoms with van der Waals surface area (Å²) < 4.78 is 0. The van der Waals surface area contributed by atoms with Crippen molar-refractivity contribution in [2.75, 3.05) is 98.7 Å². The maximum Gasteiger partial charge on any atom is 0.0110 e. The van der Waals surface area contributed by atoms with Gasteiger partial charge >= 0.3 is 0 Å². The van der Waals surface area contributed by atoms with Gasteiger partial charge in [0.2, 0.25) is 0 Å².